The standard InChI is InChI=1S/C13H16BrNO2/c14-6-1-7-17-12-5-3-10-2-4-11(9-16)15-13(10)8-12/h3,5,8-9,11,15H,1-2,4,6-7H2. The Morgan fingerprint density at radius 2 is 2.41 bits per heavy atom. The minimum atomic E-state index is -0.0553. The number of fused-ring (bicyclic) bond motifs is 1. The first-order valence-corrected chi connectivity index (χ1v) is 6.99. The van der Waals surface area contributed by atoms with Crippen LogP contribution in [0.4, 0.5) is 5.69 Å². The van der Waals surface area contributed by atoms with Crippen LogP contribution in [0.3, 0.4) is 0 Å². The van der Waals surface area contributed by atoms with E-state index in [1.165, 1.54) is 5.56 Å². The lowest BCUT2D eigenvalue weighted by Gasteiger charge is -2.23. The van der Waals surface area contributed by atoms with Crippen molar-refractivity contribution in [2.24, 2.45) is 0 Å². The average molecular weight is 298 g/mol. The summed E-state index contributed by atoms with van der Waals surface area (Å²) in [5, 5.41) is 4.17. The second kappa shape index (κ2) is 6.05. The van der Waals surface area contributed by atoms with Gasteiger partial charge in [-0.05, 0) is 30.9 Å². The first-order chi connectivity index (χ1) is 8.33. The number of hydrogen-bond acceptors (Lipinski definition) is 3. The van der Waals surface area contributed by atoms with Gasteiger partial charge in [-0.25, -0.2) is 0 Å². The molecular weight excluding hydrogens is 282 g/mol. The zero-order valence-corrected chi connectivity index (χ0v) is 11.2. The first kappa shape index (κ1) is 12.4. The van der Waals surface area contributed by atoms with Crippen LogP contribution < -0.4 is 10.1 Å². The molecule has 3 nitrogen and oxygen atoms in total. The summed E-state index contributed by atoms with van der Waals surface area (Å²) in [4.78, 5) is 10.8. The second-order valence-corrected chi connectivity index (χ2v) is 4.93. The van der Waals surface area contributed by atoms with E-state index in [9.17, 15) is 4.79 Å². The number of aldehydes is 1. The molecule has 1 heterocycles. The molecule has 1 aromatic rings. The predicted molar refractivity (Wildman–Crippen MR) is 72.1 cm³/mol. The van der Waals surface area contributed by atoms with Gasteiger partial charge < -0.3 is 14.8 Å². The molecule has 1 atom stereocenters. The Hall–Kier alpha value is -1.03. The van der Waals surface area contributed by atoms with Crippen molar-refractivity contribution < 1.29 is 9.53 Å². The van der Waals surface area contributed by atoms with Crippen molar-refractivity contribution in [2.75, 3.05) is 17.3 Å². The van der Waals surface area contributed by atoms with E-state index >= 15 is 0 Å². The predicted octanol–water partition coefficient (Wildman–Crippen LogP) is 2.78. The number of ether oxygens (including phenoxy) is 1. The van der Waals surface area contributed by atoms with Gasteiger partial charge in [0.2, 0.25) is 0 Å². The molecule has 0 saturated heterocycles. The minimum Gasteiger partial charge on any atom is -0.493 e. The van der Waals surface area contributed by atoms with Crippen molar-refractivity contribution in [3.05, 3.63) is 23.8 Å². The molecule has 4 heteroatoms. The smallest absolute Gasteiger partial charge is 0.142 e. The second-order valence-electron chi connectivity index (χ2n) is 4.14. The Labute approximate surface area is 110 Å². The summed E-state index contributed by atoms with van der Waals surface area (Å²) >= 11 is 3.37. The van der Waals surface area contributed by atoms with Crippen LogP contribution in [0.1, 0.15) is 18.4 Å². The summed E-state index contributed by atoms with van der Waals surface area (Å²) in [6.07, 6.45) is 3.79. The first-order valence-electron chi connectivity index (χ1n) is 5.87. The molecular formula is C13H16BrNO2. The van der Waals surface area contributed by atoms with Crippen molar-refractivity contribution in [1.29, 1.82) is 0 Å². The van der Waals surface area contributed by atoms with Crippen LogP contribution in [0.25, 0.3) is 0 Å². The van der Waals surface area contributed by atoms with Crippen LogP contribution in [0.2, 0.25) is 0 Å². The summed E-state index contributed by atoms with van der Waals surface area (Å²) in [6.45, 7) is 0.709. The van der Waals surface area contributed by atoms with E-state index in [0.717, 1.165) is 42.3 Å². The highest BCUT2D eigenvalue weighted by Gasteiger charge is 2.17. The lowest BCUT2D eigenvalue weighted by atomic mass is 9.99. The van der Waals surface area contributed by atoms with E-state index in [0.29, 0.717) is 6.61 Å². The van der Waals surface area contributed by atoms with Crippen LogP contribution in [0.5, 0.6) is 5.75 Å². The Balaban J connectivity index is 2.04. The quantitative estimate of drug-likeness (QED) is 0.516. The molecule has 0 bridgehead atoms. The molecule has 0 fully saturated rings. The average Bonchev–Trinajstić information content (AvgIpc) is 2.38. The Bertz CT molecular complexity index is 395. The molecule has 1 aromatic carbocycles. The third-order valence-corrected chi connectivity index (χ3v) is 3.42. The van der Waals surface area contributed by atoms with E-state index in [4.69, 9.17) is 4.74 Å². The third-order valence-electron chi connectivity index (χ3n) is 2.86. The van der Waals surface area contributed by atoms with Crippen LogP contribution >= 0.6 is 15.9 Å². The zero-order chi connectivity index (χ0) is 12.1. The molecule has 0 saturated carbocycles. The van der Waals surface area contributed by atoms with Gasteiger partial charge >= 0.3 is 0 Å². The molecule has 2 rings (SSSR count). The van der Waals surface area contributed by atoms with Gasteiger partial charge in [-0.2, -0.15) is 0 Å². The van der Waals surface area contributed by atoms with Gasteiger partial charge in [0.25, 0.3) is 0 Å². The van der Waals surface area contributed by atoms with Gasteiger partial charge in [-0.15, -0.1) is 0 Å². The summed E-state index contributed by atoms with van der Waals surface area (Å²) in [5.74, 6) is 0.865. The molecule has 0 spiro atoms. The van der Waals surface area contributed by atoms with Gasteiger partial charge in [-0.1, -0.05) is 22.0 Å². The topological polar surface area (TPSA) is 38.3 Å². The summed E-state index contributed by atoms with van der Waals surface area (Å²) in [6, 6.07) is 6.00. The lowest BCUT2D eigenvalue weighted by Crippen LogP contribution is -2.26. The fourth-order valence-corrected chi connectivity index (χ4v) is 2.16. The molecule has 0 radical (unpaired) electrons. The fraction of sp³-hybridized carbons (Fsp3) is 0.462. The number of hydrogen-bond donors (Lipinski definition) is 1. The van der Waals surface area contributed by atoms with Crippen LogP contribution in [-0.4, -0.2) is 24.3 Å². The van der Waals surface area contributed by atoms with Crippen LogP contribution in [0, 0.1) is 0 Å². The Kier molecular flexibility index (Phi) is 4.42. The number of rotatable bonds is 5. The number of carbonyl (C=O) groups is 1. The fourth-order valence-electron chi connectivity index (χ4n) is 1.93. The SMILES string of the molecule is O=CC1CCc2ccc(OCCCBr)cc2N1. The highest BCUT2D eigenvalue weighted by atomic mass is 79.9. The molecule has 1 unspecified atom stereocenters. The normalized spacial score (nSPS) is 18.1. The molecule has 1 aliphatic heterocycles. The Morgan fingerprint density at radius 3 is 3.18 bits per heavy atom. The van der Waals surface area contributed by atoms with Crippen LogP contribution in [-0.2, 0) is 11.2 Å². The number of alkyl halides is 1. The van der Waals surface area contributed by atoms with E-state index in [-0.39, 0.29) is 6.04 Å². The number of nitrogens with one attached hydrogen (secondary N) is 1. The summed E-state index contributed by atoms with van der Waals surface area (Å²) in [7, 11) is 0. The van der Waals surface area contributed by atoms with Gasteiger partial charge in [0.1, 0.15) is 12.0 Å². The maximum atomic E-state index is 10.8. The monoisotopic (exact) mass is 297 g/mol. The Morgan fingerprint density at radius 1 is 1.53 bits per heavy atom. The van der Waals surface area contributed by atoms with Crippen molar-refractivity contribution in [3.63, 3.8) is 0 Å². The van der Waals surface area contributed by atoms with Crippen molar-refractivity contribution in [3.8, 4) is 5.75 Å². The molecule has 0 aromatic heterocycles. The number of carbonyl (C=O) groups excluding carboxylic acids is 1. The highest BCUT2D eigenvalue weighted by Crippen LogP contribution is 2.28. The largest absolute Gasteiger partial charge is 0.493 e. The lowest BCUT2D eigenvalue weighted by molar-refractivity contribution is -0.108. The zero-order valence-electron chi connectivity index (χ0n) is 9.62. The van der Waals surface area contributed by atoms with Gasteiger partial charge in [0.05, 0.1) is 12.6 Å². The summed E-state index contributed by atoms with van der Waals surface area (Å²) < 4.78 is 5.62. The van der Waals surface area contributed by atoms with E-state index in [2.05, 4.69) is 27.3 Å². The van der Waals surface area contributed by atoms with Gasteiger partial charge in [-0.3, -0.25) is 0 Å². The number of anilines is 1. The van der Waals surface area contributed by atoms with Crippen molar-refractivity contribution >= 4 is 27.9 Å². The number of benzene rings is 1. The minimum absolute atomic E-state index is 0.0553. The number of halogens is 1. The molecule has 0 amide bonds. The molecule has 0 aliphatic carbocycles. The van der Waals surface area contributed by atoms with Crippen molar-refractivity contribution in [1.82, 2.24) is 0 Å². The molecule has 92 valence electrons. The number of aryl methyl sites for hydroxylation is 1. The summed E-state index contributed by atoms with van der Waals surface area (Å²) in [5.41, 5.74) is 2.29. The molecule has 1 N–H and O–H groups in total. The maximum Gasteiger partial charge on any atom is 0.142 e. The molecule has 1 aliphatic rings. The van der Waals surface area contributed by atoms with E-state index in [1.807, 2.05) is 12.1 Å². The van der Waals surface area contributed by atoms with E-state index in [1.54, 1.807) is 0 Å². The van der Waals surface area contributed by atoms with Crippen molar-refractivity contribution in [2.45, 2.75) is 25.3 Å². The molecule has 17 heavy (non-hydrogen) atoms. The maximum absolute atomic E-state index is 10.8. The third kappa shape index (κ3) is 3.22. The van der Waals surface area contributed by atoms with Gasteiger partial charge in [0, 0.05) is 17.1 Å². The highest BCUT2D eigenvalue weighted by molar-refractivity contribution is 9.09. The van der Waals surface area contributed by atoms with Gasteiger partial charge in [0.15, 0.2) is 0 Å². The van der Waals surface area contributed by atoms with Crippen LogP contribution in [0.15, 0.2) is 18.2 Å². The van der Waals surface area contributed by atoms with E-state index < -0.39 is 0 Å².